The van der Waals surface area contributed by atoms with E-state index in [1.54, 1.807) is 25.1 Å². The Labute approximate surface area is 104 Å². The monoisotopic (exact) mass is 261 g/mol. The fourth-order valence-electron chi connectivity index (χ4n) is 1.19. The van der Waals surface area contributed by atoms with Crippen molar-refractivity contribution >= 4 is 29.1 Å². The maximum Gasteiger partial charge on any atom is 0.224 e. The van der Waals surface area contributed by atoms with Crippen molar-refractivity contribution < 1.29 is 9.90 Å². The molecule has 1 aromatic carbocycles. The molecule has 1 amide bonds. The van der Waals surface area contributed by atoms with E-state index in [4.69, 9.17) is 28.3 Å². The zero-order valence-electron chi connectivity index (χ0n) is 8.84. The van der Waals surface area contributed by atoms with Crippen LogP contribution in [0.4, 0.5) is 0 Å². The molecule has 0 saturated heterocycles. The SMILES string of the molecule is CC(O)CNC(=O)Cc1c(Cl)cccc1Cl. The molecule has 2 N–H and O–H groups in total. The van der Waals surface area contributed by atoms with Crippen molar-refractivity contribution in [2.45, 2.75) is 19.4 Å². The van der Waals surface area contributed by atoms with E-state index in [1.165, 1.54) is 0 Å². The molecular weight excluding hydrogens is 249 g/mol. The summed E-state index contributed by atoms with van der Waals surface area (Å²) in [5.41, 5.74) is 0.605. The summed E-state index contributed by atoms with van der Waals surface area (Å²) in [6.07, 6.45) is -0.448. The van der Waals surface area contributed by atoms with E-state index in [0.717, 1.165) is 0 Å². The van der Waals surface area contributed by atoms with Crippen LogP contribution in [0.1, 0.15) is 12.5 Å². The average molecular weight is 262 g/mol. The number of rotatable bonds is 4. The number of amides is 1. The molecule has 1 rings (SSSR count). The summed E-state index contributed by atoms with van der Waals surface area (Å²) in [5, 5.41) is 12.5. The van der Waals surface area contributed by atoms with Crippen molar-refractivity contribution in [2.75, 3.05) is 6.54 Å². The predicted molar refractivity (Wildman–Crippen MR) is 64.9 cm³/mol. The fraction of sp³-hybridized carbons (Fsp3) is 0.364. The molecule has 0 radical (unpaired) electrons. The molecule has 88 valence electrons. The van der Waals surface area contributed by atoms with Crippen LogP contribution in [-0.4, -0.2) is 23.7 Å². The minimum atomic E-state index is -0.564. The Morgan fingerprint density at radius 1 is 1.44 bits per heavy atom. The van der Waals surface area contributed by atoms with Crippen LogP contribution in [-0.2, 0) is 11.2 Å². The molecule has 5 heteroatoms. The quantitative estimate of drug-likeness (QED) is 0.872. The number of benzene rings is 1. The summed E-state index contributed by atoms with van der Waals surface area (Å²) in [7, 11) is 0. The second-order valence-electron chi connectivity index (χ2n) is 3.53. The van der Waals surface area contributed by atoms with Crippen LogP contribution in [0.5, 0.6) is 0 Å². The third-order valence-corrected chi connectivity index (χ3v) is 2.70. The molecule has 0 spiro atoms. The molecular formula is C11H13Cl2NO2. The van der Waals surface area contributed by atoms with Crippen molar-refractivity contribution in [3.05, 3.63) is 33.8 Å². The first-order valence-corrected chi connectivity index (χ1v) is 5.64. The molecule has 16 heavy (non-hydrogen) atoms. The van der Waals surface area contributed by atoms with E-state index in [-0.39, 0.29) is 18.9 Å². The highest BCUT2D eigenvalue weighted by Gasteiger charge is 2.10. The van der Waals surface area contributed by atoms with Crippen molar-refractivity contribution in [1.82, 2.24) is 5.32 Å². The van der Waals surface area contributed by atoms with Gasteiger partial charge in [0.2, 0.25) is 5.91 Å². The van der Waals surface area contributed by atoms with Gasteiger partial charge in [0.15, 0.2) is 0 Å². The Kier molecular flexibility index (Phi) is 5.06. The Morgan fingerprint density at radius 3 is 2.50 bits per heavy atom. The molecule has 3 nitrogen and oxygen atoms in total. The zero-order valence-corrected chi connectivity index (χ0v) is 10.3. The smallest absolute Gasteiger partial charge is 0.224 e. The van der Waals surface area contributed by atoms with Gasteiger partial charge in [-0.15, -0.1) is 0 Å². The first kappa shape index (κ1) is 13.3. The Hall–Kier alpha value is -0.770. The topological polar surface area (TPSA) is 49.3 Å². The number of aliphatic hydroxyl groups excluding tert-OH is 1. The van der Waals surface area contributed by atoms with Crippen LogP contribution in [0.2, 0.25) is 10.0 Å². The number of aliphatic hydroxyl groups is 1. The van der Waals surface area contributed by atoms with Gasteiger partial charge in [-0.25, -0.2) is 0 Å². The van der Waals surface area contributed by atoms with Crippen LogP contribution >= 0.6 is 23.2 Å². The van der Waals surface area contributed by atoms with E-state index in [0.29, 0.717) is 15.6 Å². The van der Waals surface area contributed by atoms with Crippen LogP contribution < -0.4 is 5.32 Å². The summed E-state index contributed by atoms with van der Waals surface area (Å²) in [4.78, 5) is 11.5. The number of hydrogen-bond donors (Lipinski definition) is 2. The van der Waals surface area contributed by atoms with Crippen molar-refractivity contribution in [3.63, 3.8) is 0 Å². The van der Waals surface area contributed by atoms with Gasteiger partial charge in [-0.05, 0) is 24.6 Å². The van der Waals surface area contributed by atoms with Gasteiger partial charge in [-0.2, -0.15) is 0 Å². The Bertz CT molecular complexity index is 360. The van der Waals surface area contributed by atoms with Gasteiger partial charge in [-0.3, -0.25) is 4.79 Å². The molecule has 0 fully saturated rings. The minimum absolute atomic E-state index is 0.116. The van der Waals surface area contributed by atoms with Gasteiger partial charge in [0.1, 0.15) is 0 Å². The molecule has 1 aromatic rings. The number of carbonyl (C=O) groups is 1. The van der Waals surface area contributed by atoms with Crippen LogP contribution in [0.25, 0.3) is 0 Å². The molecule has 0 aliphatic carbocycles. The van der Waals surface area contributed by atoms with E-state index >= 15 is 0 Å². The lowest BCUT2D eigenvalue weighted by atomic mass is 10.1. The van der Waals surface area contributed by atoms with Gasteiger partial charge in [0.05, 0.1) is 12.5 Å². The zero-order chi connectivity index (χ0) is 12.1. The lowest BCUT2D eigenvalue weighted by molar-refractivity contribution is -0.120. The minimum Gasteiger partial charge on any atom is -0.392 e. The lowest BCUT2D eigenvalue weighted by Gasteiger charge is -2.09. The molecule has 0 saturated carbocycles. The van der Waals surface area contributed by atoms with Gasteiger partial charge in [0.25, 0.3) is 0 Å². The summed E-state index contributed by atoms with van der Waals surface area (Å²) >= 11 is 11.8. The Morgan fingerprint density at radius 2 is 2.00 bits per heavy atom. The summed E-state index contributed by atoms with van der Waals surface area (Å²) in [5.74, 6) is -0.212. The maximum absolute atomic E-state index is 11.5. The Balaban J connectivity index is 2.63. The standard InChI is InChI=1S/C11H13Cl2NO2/c1-7(15)6-14-11(16)5-8-9(12)3-2-4-10(8)13/h2-4,7,15H,5-6H2,1H3,(H,14,16). The second kappa shape index (κ2) is 6.09. The van der Waals surface area contributed by atoms with Crippen molar-refractivity contribution in [3.8, 4) is 0 Å². The summed E-state index contributed by atoms with van der Waals surface area (Å²) in [6, 6.07) is 5.09. The first-order valence-electron chi connectivity index (χ1n) is 4.88. The molecule has 0 bridgehead atoms. The third-order valence-electron chi connectivity index (χ3n) is 1.99. The normalized spacial score (nSPS) is 12.2. The van der Waals surface area contributed by atoms with Gasteiger partial charge in [0, 0.05) is 16.6 Å². The second-order valence-corrected chi connectivity index (χ2v) is 4.34. The number of hydrogen-bond acceptors (Lipinski definition) is 2. The highest BCUT2D eigenvalue weighted by Crippen LogP contribution is 2.24. The average Bonchev–Trinajstić information content (AvgIpc) is 2.21. The molecule has 1 atom stereocenters. The van der Waals surface area contributed by atoms with Crippen molar-refractivity contribution in [2.24, 2.45) is 0 Å². The third kappa shape index (κ3) is 4.00. The first-order chi connectivity index (χ1) is 7.50. The van der Waals surface area contributed by atoms with Gasteiger partial charge < -0.3 is 10.4 Å². The number of halogens is 2. The predicted octanol–water partition coefficient (Wildman–Crippen LogP) is 2.03. The molecule has 0 aliphatic rings. The molecule has 0 aromatic heterocycles. The van der Waals surface area contributed by atoms with E-state index in [2.05, 4.69) is 5.32 Å². The fourth-order valence-corrected chi connectivity index (χ4v) is 1.72. The summed E-state index contributed by atoms with van der Waals surface area (Å²) < 4.78 is 0. The van der Waals surface area contributed by atoms with Crippen LogP contribution in [0.3, 0.4) is 0 Å². The highest BCUT2D eigenvalue weighted by atomic mass is 35.5. The van der Waals surface area contributed by atoms with Gasteiger partial charge in [-0.1, -0.05) is 29.3 Å². The number of carbonyl (C=O) groups excluding carboxylic acids is 1. The molecule has 0 aliphatic heterocycles. The highest BCUT2D eigenvalue weighted by molar-refractivity contribution is 6.36. The molecule has 0 heterocycles. The van der Waals surface area contributed by atoms with Crippen LogP contribution in [0, 0.1) is 0 Å². The van der Waals surface area contributed by atoms with Gasteiger partial charge >= 0.3 is 0 Å². The van der Waals surface area contributed by atoms with Crippen molar-refractivity contribution in [1.29, 1.82) is 0 Å². The number of nitrogens with one attached hydrogen (secondary N) is 1. The van der Waals surface area contributed by atoms with E-state index < -0.39 is 6.10 Å². The summed E-state index contributed by atoms with van der Waals surface area (Å²) in [6.45, 7) is 1.82. The van der Waals surface area contributed by atoms with Crippen LogP contribution in [0.15, 0.2) is 18.2 Å². The lowest BCUT2D eigenvalue weighted by Crippen LogP contribution is -2.31. The maximum atomic E-state index is 11.5. The van der Waals surface area contributed by atoms with E-state index in [9.17, 15) is 4.79 Å². The largest absolute Gasteiger partial charge is 0.392 e. The molecule has 1 unspecified atom stereocenters. The van der Waals surface area contributed by atoms with E-state index in [1.807, 2.05) is 0 Å².